The highest BCUT2D eigenvalue weighted by molar-refractivity contribution is 9.10. The maximum atomic E-state index is 13.5. The minimum Gasteiger partial charge on any atom is -0.466 e. The van der Waals surface area contributed by atoms with E-state index in [0.29, 0.717) is 0 Å². The van der Waals surface area contributed by atoms with Gasteiger partial charge in [-0.05, 0) is 22.0 Å². The summed E-state index contributed by atoms with van der Waals surface area (Å²) in [6.45, 7) is 0. The van der Waals surface area contributed by atoms with Crippen LogP contribution in [0.1, 0.15) is 0 Å². The average Bonchev–Trinajstić information content (AvgIpc) is 2.46. The third-order valence-electron chi connectivity index (χ3n) is 2.24. The van der Waals surface area contributed by atoms with Crippen LogP contribution in [-0.2, 0) is 19.1 Å². The largest absolute Gasteiger partial charge is 0.466 e. The number of benzene rings is 1. The molecule has 1 N–H and O–H groups in total. The Morgan fingerprint density at radius 2 is 1.95 bits per heavy atom. The van der Waals surface area contributed by atoms with Crippen molar-refractivity contribution in [3.05, 3.63) is 39.0 Å². The van der Waals surface area contributed by atoms with Gasteiger partial charge in [0.15, 0.2) is 11.6 Å². The van der Waals surface area contributed by atoms with Gasteiger partial charge >= 0.3 is 11.9 Å². The van der Waals surface area contributed by atoms with Crippen LogP contribution in [0.25, 0.3) is 0 Å². The molecule has 1 aromatic rings. The molecule has 0 amide bonds. The van der Waals surface area contributed by atoms with E-state index >= 15 is 0 Å². The average molecular weight is 385 g/mol. The first-order chi connectivity index (χ1) is 9.81. The Balaban J connectivity index is 3.28. The number of anilines is 1. The Hall–Kier alpha value is -1.67. The summed E-state index contributed by atoms with van der Waals surface area (Å²) in [5, 5.41) is 2.19. The molecule has 0 spiro atoms. The van der Waals surface area contributed by atoms with Crippen LogP contribution in [0.4, 0.5) is 14.5 Å². The molecule has 0 aromatic heterocycles. The first kappa shape index (κ1) is 17.4. The second kappa shape index (κ2) is 7.37. The number of halogens is 4. The molecular formula is C12H9BrClF2NO4. The molecule has 0 fully saturated rings. The summed E-state index contributed by atoms with van der Waals surface area (Å²) >= 11 is 8.58. The van der Waals surface area contributed by atoms with Crippen molar-refractivity contribution in [2.75, 3.05) is 19.5 Å². The smallest absolute Gasteiger partial charge is 0.354 e. The third-order valence-corrected chi connectivity index (χ3v) is 3.29. The lowest BCUT2D eigenvalue weighted by atomic mass is 10.2. The fraction of sp³-hybridized carbons (Fsp3) is 0.167. The highest BCUT2D eigenvalue weighted by atomic mass is 79.9. The molecule has 0 aliphatic rings. The van der Waals surface area contributed by atoms with E-state index < -0.39 is 23.6 Å². The molecule has 0 radical (unpaired) electrons. The van der Waals surface area contributed by atoms with E-state index in [4.69, 9.17) is 11.6 Å². The monoisotopic (exact) mass is 383 g/mol. The SMILES string of the molecule is COC(=O)/C=C(/Nc1c(Cl)cc(F)c(F)c1Br)C(=O)OC. The molecule has 0 saturated carbocycles. The van der Waals surface area contributed by atoms with Crippen molar-refractivity contribution in [3.8, 4) is 0 Å². The second-order valence-electron chi connectivity index (χ2n) is 3.54. The summed E-state index contributed by atoms with van der Waals surface area (Å²) in [5.41, 5.74) is -0.505. The summed E-state index contributed by atoms with van der Waals surface area (Å²) in [6.07, 6.45) is 0.788. The van der Waals surface area contributed by atoms with Gasteiger partial charge < -0.3 is 14.8 Å². The predicted octanol–water partition coefficient (Wildman–Crippen LogP) is 3.02. The lowest BCUT2D eigenvalue weighted by Crippen LogP contribution is -2.16. The van der Waals surface area contributed by atoms with E-state index in [1.165, 1.54) is 0 Å². The summed E-state index contributed by atoms with van der Waals surface area (Å²) in [7, 11) is 2.19. The Bertz CT molecular complexity index is 622. The lowest BCUT2D eigenvalue weighted by molar-refractivity contribution is -0.138. The number of carbonyl (C=O) groups is 2. The Kier molecular flexibility index (Phi) is 6.10. The number of esters is 2. The lowest BCUT2D eigenvalue weighted by Gasteiger charge is -2.13. The zero-order chi connectivity index (χ0) is 16.2. The van der Waals surface area contributed by atoms with E-state index in [0.717, 1.165) is 26.4 Å². The maximum Gasteiger partial charge on any atom is 0.354 e. The summed E-state index contributed by atoms with van der Waals surface area (Å²) in [4.78, 5) is 22.8. The molecule has 0 unspecified atom stereocenters. The highest BCUT2D eigenvalue weighted by Crippen LogP contribution is 2.35. The molecule has 114 valence electrons. The molecule has 0 aliphatic heterocycles. The van der Waals surface area contributed by atoms with Crippen molar-refractivity contribution < 1.29 is 27.8 Å². The molecular weight excluding hydrogens is 375 g/mol. The third kappa shape index (κ3) is 4.15. The summed E-state index contributed by atoms with van der Waals surface area (Å²) in [6, 6.07) is 0.719. The van der Waals surface area contributed by atoms with E-state index in [9.17, 15) is 18.4 Å². The van der Waals surface area contributed by atoms with Gasteiger partial charge in [0.1, 0.15) is 5.70 Å². The Labute approximate surface area is 132 Å². The van der Waals surface area contributed by atoms with Crippen LogP contribution in [-0.4, -0.2) is 26.2 Å². The maximum absolute atomic E-state index is 13.5. The number of ether oxygens (including phenoxy) is 2. The van der Waals surface area contributed by atoms with Crippen molar-refractivity contribution in [2.45, 2.75) is 0 Å². The zero-order valence-corrected chi connectivity index (χ0v) is 13.1. The van der Waals surface area contributed by atoms with Crippen LogP contribution in [0.3, 0.4) is 0 Å². The van der Waals surface area contributed by atoms with Gasteiger partial charge in [-0.2, -0.15) is 0 Å². The minimum atomic E-state index is -1.20. The molecule has 1 aromatic carbocycles. The predicted molar refractivity (Wildman–Crippen MR) is 74.8 cm³/mol. The minimum absolute atomic E-state index is 0.142. The van der Waals surface area contributed by atoms with Gasteiger partial charge in [0.25, 0.3) is 0 Å². The van der Waals surface area contributed by atoms with E-state index in [2.05, 4.69) is 30.7 Å². The van der Waals surface area contributed by atoms with Gasteiger partial charge in [0, 0.05) is 0 Å². The van der Waals surface area contributed by atoms with Crippen LogP contribution in [0, 0.1) is 11.6 Å². The highest BCUT2D eigenvalue weighted by Gasteiger charge is 2.20. The van der Waals surface area contributed by atoms with Crippen molar-refractivity contribution in [1.29, 1.82) is 0 Å². The number of nitrogens with one attached hydrogen (secondary N) is 1. The molecule has 0 heterocycles. The molecule has 0 atom stereocenters. The van der Waals surface area contributed by atoms with Crippen LogP contribution >= 0.6 is 27.5 Å². The van der Waals surface area contributed by atoms with E-state index in [1.54, 1.807) is 0 Å². The quantitative estimate of drug-likeness (QED) is 0.374. The van der Waals surface area contributed by atoms with Crippen LogP contribution in [0.5, 0.6) is 0 Å². The zero-order valence-electron chi connectivity index (χ0n) is 10.8. The normalized spacial score (nSPS) is 11.0. The first-order valence-corrected chi connectivity index (χ1v) is 6.46. The molecule has 0 aliphatic carbocycles. The number of rotatable bonds is 4. The molecule has 0 bridgehead atoms. The summed E-state index contributed by atoms with van der Waals surface area (Å²) in [5.74, 6) is -4.15. The first-order valence-electron chi connectivity index (χ1n) is 5.29. The van der Waals surface area contributed by atoms with E-state index in [1.807, 2.05) is 0 Å². The molecule has 5 nitrogen and oxygen atoms in total. The van der Waals surface area contributed by atoms with Crippen LogP contribution < -0.4 is 5.32 Å². The van der Waals surface area contributed by atoms with Gasteiger partial charge in [-0.3, -0.25) is 0 Å². The van der Waals surface area contributed by atoms with Crippen LogP contribution in [0.15, 0.2) is 22.3 Å². The molecule has 0 saturated heterocycles. The molecule has 21 heavy (non-hydrogen) atoms. The standard InChI is InChI=1S/C12H9BrClF2NO4/c1-20-8(18)4-7(12(19)21-2)17-11-5(14)3-6(15)10(16)9(11)13/h3-4,17H,1-2H3/b7-4+. The Morgan fingerprint density at radius 3 is 2.48 bits per heavy atom. The fourth-order valence-electron chi connectivity index (χ4n) is 1.25. The Morgan fingerprint density at radius 1 is 1.33 bits per heavy atom. The van der Waals surface area contributed by atoms with Gasteiger partial charge in [0.05, 0.1) is 35.5 Å². The van der Waals surface area contributed by atoms with Crippen molar-refractivity contribution >= 4 is 45.2 Å². The van der Waals surface area contributed by atoms with Gasteiger partial charge in [0.2, 0.25) is 0 Å². The van der Waals surface area contributed by atoms with Gasteiger partial charge in [-0.15, -0.1) is 0 Å². The van der Waals surface area contributed by atoms with Crippen molar-refractivity contribution in [2.24, 2.45) is 0 Å². The van der Waals surface area contributed by atoms with E-state index in [-0.39, 0.29) is 20.9 Å². The second-order valence-corrected chi connectivity index (χ2v) is 4.74. The number of methoxy groups -OCH3 is 2. The van der Waals surface area contributed by atoms with Gasteiger partial charge in [-0.1, -0.05) is 11.6 Å². The summed E-state index contributed by atoms with van der Waals surface area (Å²) < 4.78 is 35.1. The number of carbonyl (C=O) groups excluding carboxylic acids is 2. The number of hydrogen-bond acceptors (Lipinski definition) is 5. The van der Waals surface area contributed by atoms with Crippen LogP contribution in [0.2, 0.25) is 5.02 Å². The van der Waals surface area contributed by atoms with Crippen molar-refractivity contribution in [1.82, 2.24) is 0 Å². The number of hydrogen-bond donors (Lipinski definition) is 1. The topological polar surface area (TPSA) is 64.6 Å². The molecule has 9 heteroatoms. The fourth-order valence-corrected chi connectivity index (χ4v) is 2.10. The van der Waals surface area contributed by atoms with Crippen molar-refractivity contribution in [3.63, 3.8) is 0 Å². The van der Waals surface area contributed by atoms with Gasteiger partial charge in [-0.25, -0.2) is 18.4 Å². The molecule has 1 rings (SSSR count).